The predicted octanol–water partition coefficient (Wildman–Crippen LogP) is 2.64. The Labute approximate surface area is 97.1 Å². The van der Waals surface area contributed by atoms with Gasteiger partial charge in [-0.2, -0.15) is 0 Å². The van der Waals surface area contributed by atoms with Gasteiger partial charge in [-0.05, 0) is 24.1 Å². The van der Waals surface area contributed by atoms with Gasteiger partial charge in [0.25, 0.3) is 0 Å². The van der Waals surface area contributed by atoms with Crippen LogP contribution in [0.4, 0.5) is 0 Å². The molecule has 1 saturated heterocycles. The van der Waals surface area contributed by atoms with E-state index in [2.05, 4.69) is 32.8 Å². The Morgan fingerprint density at radius 2 is 2.29 bits per heavy atom. The second kappa shape index (κ2) is 4.62. The molecule has 2 atom stereocenters. The Bertz CT molecular complexity index is 319. The summed E-state index contributed by atoms with van der Waals surface area (Å²) in [5.41, 5.74) is 7.74. The molecular weight excluding hydrogens is 263 g/mol. The van der Waals surface area contributed by atoms with Crippen molar-refractivity contribution in [1.82, 2.24) is 10.9 Å². The molecule has 2 unspecified atom stereocenters. The highest BCUT2D eigenvalue weighted by Gasteiger charge is 2.23. The van der Waals surface area contributed by atoms with Crippen molar-refractivity contribution in [2.24, 2.45) is 0 Å². The number of alkyl halides is 1. The second-order valence-corrected chi connectivity index (χ2v) is 4.57. The molecule has 1 aromatic rings. The lowest BCUT2D eigenvalue weighted by molar-refractivity contribution is 0.563. The molecule has 4 heteroatoms. The van der Waals surface area contributed by atoms with E-state index in [0.29, 0.717) is 12.1 Å². The van der Waals surface area contributed by atoms with E-state index in [4.69, 9.17) is 11.6 Å². The Hall–Kier alpha value is -0.0900. The minimum atomic E-state index is 0.372. The average Bonchev–Trinajstić information content (AvgIpc) is 2.66. The Kier molecular flexibility index (Phi) is 3.44. The lowest BCUT2D eigenvalue weighted by Gasteiger charge is -2.09. The molecule has 1 aliphatic heterocycles. The molecule has 2 N–H and O–H groups in total. The van der Waals surface area contributed by atoms with Crippen LogP contribution in [0.2, 0.25) is 5.02 Å². The molecule has 0 amide bonds. The smallest absolute Gasteiger partial charge is 0.0478 e. The van der Waals surface area contributed by atoms with Crippen molar-refractivity contribution in [3.8, 4) is 0 Å². The molecule has 2 rings (SSSR count). The zero-order chi connectivity index (χ0) is 9.97. The van der Waals surface area contributed by atoms with Crippen LogP contribution in [-0.4, -0.2) is 11.4 Å². The highest BCUT2D eigenvalue weighted by Crippen LogP contribution is 2.24. The number of hydrogen-bond acceptors (Lipinski definition) is 2. The van der Waals surface area contributed by atoms with E-state index in [9.17, 15) is 0 Å². The van der Waals surface area contributed by atoms with Crippen LogP contribution in [0.15, 0.2) is 24.3 Å². The Morgan fingerprint density at radius 1 is 1.43 bits per heavy atom. The Balaban J connectivity index is 2.09. The number of hydrogen-bond donors (Lipinski definition) is 2. The van der Waals surface area contributed by atoms with Gasteiger partial charge >= 0.3 is 0 Å². The molecule has 0 radical (unpaired) electrons. The fraction of sp³-hybridized carbons (Fsp3) is 0.400. The molecule has 14 heavy (non-hydrogen) atoms. The monoisotopic (exact) mass is 274 g/mol. The van der Waals surface area contributed by atoms with Crippen molar-refractivity contribution >= 4 is 27.5 Å². The summed E-state index contributed by atoms with van der Waals surface area (Å²) in [6, 6.07) is 8.87. The maximum absolute atomic E-state index is 5.94. The first kappa shape index (κ1) is 10.4. The first-order valence-corrected chi connectivity index (χ1v) is 6.12. The van der Waals surface area contributed by atoms with Crippen molar-refractivity contribution in [3.05, 3.63) is 34.9 Å². The van der Waals surface area contributed by atoms with Gasteiger partial charge in [-0.15, -0.1) is 0 Å². The molecule has 0 saturated carbocycles. The van der Waals surface area contributed by atoms with Gasteiger partial charge in [0.2, 0.25) is 0 Å². The maximum atomic E-state index is 5.94. The van der Waals surface area contributed by atoms with Gasteiger partial charge in [0.15, 0.2) is 0 Å². The number of hydrazine groups is 1. The molecule has 76 valence electrons. The first-order valence-electron chi connectivity index (χ1n) is 4.62. The summed E-state index contributed by atoms with van der Waals surface area (Å²) in [5, 5.41) is 1.77. The average molecular weight is 276 g/mol. The second-order valence-electron chi connectivity index (χ2n) is 3.48. The topological polar surface area (TPSA) is 24.1 Å². The minimum Gasteiger partial charge on any atom is -0.253 e. The summed E-state index contributed by atoms with van der Waals surface area (Å²) in [6.45, 7) is 0. The van der Waals surface area contributed by atoms with Gasteiger partial charge in [0.1, 0.15) is 0 Å². The molecule has 1 fully saturated rings. The zero-order valence-electron chi connectivity index (χ0n) is 7.63. The molecule has 0 aliphatic carbocycles. The van der Waals surface area contributed by atoms with Crippen LogP contribution in [0, 0.1) is 0 Å². The lowest BCUT2D eigenvalue weighted by atomic mass is 10.0. The molecular formula is C10H12BrClN2. The van der Waals surface area contributed by atoms with E-state index in [-0.39, 0.29) is 0 Å². The summed E-state index contributed by atoms with van der Waals surface area (Å²) in [6.07, 6.45) is 1.09. The van der Waals surface area contributed by atoms with Gasteiger partial charge < -0.3 is 0 Å². The first-order chi connectivity index (χ1) is 6.79. The predicted molar refractivity (Wildman–Crippen MR) is 62.7 cm³/mol. The third kappa shape index (κ3) is 2.28. The number of halogens is 2. The fourth-order valence-electron chi connectivity index (χ4n) is 1.67. The lowest BCUT2D eigenvalue weighted by Crippen LogP contribution is -2.31. The third-order valence-corrected chi connectivity index (χ3v) is 3.44. The van der Waals surface area contributed by atoms with E-state index < -0.39 is 0 Å². The van der Waals surface area contributed by atoms with Crippen molar-refractivity contribution in [3.63, 3.8) is 0 Å². The minimum absolute atomic E-state index is 0.372. The van der Waals surface area contributed by atoms with Crippen LogP contribution in [0.3, 0.4) is 0 Å². The summed E-state index contributed by atoms with van der Waals surface area (Å²) in [4.78, 5) is 0. The van der Waals surface area contributed by atoms with Gasteiger partial charge in [-0.25, -0.2) is 5.43 Å². The standard InChI is InChI=1S/C10H12BrClN2/c11-6-9-5-10(14-13-9)7-2-1-3-8(12)4-7/h1-4,9-10,13-14H,5-6H2. The van der Waals surface area contributed by atoms with E-state index in [1.165, 1.54) is 5.56 Å². The molecule has 1 aromatic carbocycles. The van der Waals surface area contributed by atoms with Crippen LogP contribution in [0.5, 0.6) is 0 Å². The largest absolute Gasteiger partial charge is 0.253 e. The molecule has 0 aromatic heterocycles. The quantitative estimate of drug-likeness (QED) is 0.811. The number of benzene rings is 1. The number of rotatable bonds is 2. The molecule has 0 spiro atoms. The van der Waals surface area contributed by atoms with Crippen molar-refractivity contribution < 1.29 is 0 Å². The normalized spacial score (nSPS) is 26.7. The third-order valence-electron chi connectivity index (χ3n) is 2.42. The van der Waals surface area contributed by atoms with Crippen molar-refractivity contribution in [2.75, 3.05) is 5.33 Å². The summed E-state index contributed by atoms with van der Waals surface area (Å²) < 4.78 is 0. The van der Waals surface area contributed by atoms with E-state index in [0.717, 1.165) is 16.8 Å². The fourth-order valence-corrected chi connectivity index (χ4v) is 2.29. The Morgan fingerprint density at radius 3 is 2.93 bits per heavy atom. The highest BCUT2D eigenvalue weighted by atomic mass is 79.9. The van der Waals surface area contributed by atoms with Crippen LogP contribution in [0.1, 0.15) is 18.0 Å². The molecule has 0 bridgehead atoms. The molecule has 1 aliphatic rings. The highest BCUT2D eigenvalue weighted by molar-refractivity contribution is 9.09. The van der Waals surface area contributed by atoms with Crippen molar-refractivity contribution in [2.45, 2.75) is 18.5 Å². The molecule has 2 nitrogen and oxygen atoms in total. The number of nitrogens with one attached hydrogen (secondary N) is 2. The summed E-state index contributed by atoms with van der Waals surface area (Å²) in [7, 11) is 0. The van der Waals surface area contributed by atoms with Crippen LogP contribution in [0.25, 0.3) is 0 Å². The van der Waals surface area contributed by atoms with E-state index in [1.54, 1.807) is 0 Å². The van der Waals surface area contributed by atoms with E-state index >= 15 is 0 Å². The van der Waals surface area contributed by atoms with Crippen LogP contribution < -0.4 is 10.9 Å². The van der Waals surface area contributed by atoms with Gasteiger partial charge in [0, 0.05) is 22.4 Å². The zero-order valence-corrected chi connectivity index (χ0v) is 9.98. The summed E-state index contributed by atoms with van der Waals surface area (Å²) in [5.74, 6) is 0. The van der Waals surface area contributed by atoms with Crippen LogP contribution >= 0.6 is 27.5 Å². The van der Waals surface area contributed by atoms with Gasteiger partial charge in [-0.1, -0.05) is 39.7 Å². The molecule has 1 heterocycles. The van der Waals surface area contributed by atoms with Crippen molar-refractivity contribution in [1.29, 1.82) is 0 Å². The maximum Gasteiger partial charge on any atom is 0.0478 e. The summed E-state index contributed by atoms with van der Waals surface area (Å²) >= 11 is 9.40. The van der Waals surface area contributed by atoms with Gasteiger partial charge in [0.05, 0.1) is 0 Å². The van der Waals surface area contributed by atoms with E-state index in [1.807, 2.05) is 18.2 Å². The van der Waals surface area contributed by atoms with Gasteiger partial charge in [-0.3, -0.25) is 5.43 Å². The SMILES string of the molecule is Clc1cccc(C2CC(CBr)NN2)c1. The van der Waals surface area contributed by atoms with Crippen LogP contribution in [-0.2, 0) is 0 Å².